The van der Waals surface area contributed by atoms with Crippen molar-refractivity contribution in [3.8, 4) is 0 Å². The highest BCUT2D eigenvalue weighted by molar-refractivity contribution is 5.83. The third-order valence-electron chi connectivity index (χ3n) is 3.24. The van der Waals surface area contributed by atoms with Gasteiger partial charge in [0.15, 0.2) is 0 Å². The van der Waals surface area contributed by atoms with E-state index in [0.29, 0.717) is 0 Å². The Hall–Kier alpha value is -0.610. The molecule has 0 bridgehead atoms. The number of carbonyl (C=O) groups is 1. The van der Waals surface area contributed by atoms with Crippen molar-refractivity contribution in [3.63, 3.8) is 0 Å². The van der Waals surface area contributed by atoms with Crippen molar-refractivity contribution in [1.29, 1.82) is 0 Å². The monoisotopic (exact) mass is 214 g/mol. The van der Waals surface area contributed by atoms with Gasteiger partial charge in [0.2, 0.25) is 5.91 Å². The van der Waals surface area contributed by atoms with Crippen molar-refractivity contribution in [2.75, 3.05) is 26.7 Å². The van der Waals surface area contributed by atoms with Crippen LogP contribution in [0.1, 0.15) is 27.2 Å². The van der Waals surface area contributed by atoms with Crippen molar-refractivity contribution in [1.82, 2.24) is 9.80 Å². The number of carbonyl (C=O) groups excluding carboxylic acids is 1. The van der Waals surface area contributed by atoms with Gasteiger partial charge in [-0.25, -0.2) is 0 Å². The molecule has 88 valence electrons. The molecule has 1 N–H and O–H groups in total. The number of amides is 1. The minimum absolute atomic E-state index is 0.0298. The summed E-state index contributed by atoms with van der Waals surface area (Å²) in [7, 11) is 1.81. The fourth-order valence-electron chi connectivity index (χ4n) is 2.11. The van der Waals surface area contributed by atoms with Crippen molar-refractivity contribution in [2.45, 2.75) is 38.8 Å². The van der Waals surface area contributed by atoms with Crippen LogP contribution in [0.3, 0.4) is 0 Å². The molecule has 1 amide bonds. The lowest BCUT2D eigenvalue weighted by Gasteiger charge is -2.48. The highest BCUT2D eigenvalue weighted by Gasteiger charge is 2.41. The Balaban J connectivity index is 2.85. The van der Waals surface area contributed by atoms with Crippen molar-refractivity contribution >= 4 is 5.91 Å². The molecule has 0 aromatic carbocycles. The molecule has 1 heterocycles. The first-order chi connectivity index (χ1) is 6.94. The molecule has 1 atom stereocenters. The van der Waals surface area contributed by atoms with Crippen LogP contribution in [0.5, 0.6) is 0 Å². The van der Waals surface area contributed by atoms with Gasteiger partial charge in [0.25, 0.3) is 0 Å². The molecule has 4 nitrogen and oxygen atoms in total. The van der Waals surface area contributed by atoms with Gasteiger partial charge >= 0.3 is 0 Å². The maximum absolute atomic E-state index is 12.0. The van der Waals surface area contributed by atoms with Gasteiger partial charge < -0.3 is 10.0 Å². The second-order valence-electron chi connectivity index (χ2n) is 4.88. The molecule has 1 rings (SSSR count). The van der Waals surface area contributed by atoms with E-state index >= 15 is 0 Å². The summed E-state index contributed by atoms with van der Waals surface area (Å²) < 4.78 is 0. The normalized spacial score (nSPS) is 27.1. The van der Waals surface area contributed by atoms with Crippen LogP contribution in [0, 0.1) is 0 Å². The van der Waals surface area contributed by atoms with Crippen molar-refractivity contribution < 1.29 is 9.90 Å². The average molecular weight is 214 g/mol. The molecule has 1 unspecified atom stereocenters. The Morgan fingerprint density at radius 1 is 1.53 bits per heavy atom. The van der Waals surface area contributed by atoms with E-state index in [1.807, 2.05) is 7.05 Å². The lowest BCUT2D eigenvalue weighted by molar-refractivity contribution is -0.151. The van der Waals surface area contributed by atoms with Crippen LogP contribution in [0.25, 0.3) is 0 Å². The Labute approximate surface area is 91.9 Å². The molecule has 15 heavy (non-hydrogen) atoms. The first-order valence-electron chi connectivity index (χ1n) is 5.56. The molecule has 1 aliphatic heterocycles. The minimum atomic E-state index is -0.344. The molecule has 0 radical (unpaired) electrons. The molecule has 1 fully saturated rings. The van der Waals surface area contributed by atoms with Crippen LogP contribution in [0.2, 0.25) is 0 Å². The van der Waals surface area contributed by atoms with Crippen LogP contribution >= 0.6 is 0 Å². The molecule has 1 saturated heterocycles. The van der Waals surface area contributed by atoms with Crippen LogP contribution in [-0.2, 0) is 4.79 Å². The summed E-state index contributed by atoms with van der Waals surface area (Å²) in [4.78, 5) is 15.8. The highest BCUT2D eigenvalue weighted by Crippen LogP contribution is 2.23. The fourth-order valence-corrected chi connectivity index (χ4v) is 2.11. The van der Waals surface area contributed by atoms with Gasteiger partial charge in [-0.05, 0) is 26.8 Å². The molecular weight excluding hydrogens is 192 g/mol. The zero-order chi connectivity index (χ0) is 11.6. The van der Waals surface area contributed by atoms with Gasteiger partial charge in [0, 0.05) is 19.1 Å². The highest BCUT2D eigenvalue weighted by atomic mass is 16.3. The number of hydrogen-bond donors (Lipinski definition) is 1. The van der Waals surface area contributed by atoms with Crippen molar-refractivity contribution in [2.24, 2.45) is 0 Å². The van der Waals surface area contributed by atoms with Crippen LogP contribution in [0.4, 0.5) is 0 Å². The number of piperazine rings is 1. The summed E-state index contributed by atoms with van der Waals surface area (Å²) in [5.74, 6) is 0.0298. The van der Waals surface area contributed by atoms with Gasteiger partial charge in [0.05, 0.1) is 6.61 Å². The van der Waals surface area contributed by atoms with Gasteiger partial charge in [-0.15, -0.1) is 0 Å². The molecule has 0 aromatic heterocycles. The summed E-state index contributed by atoms with van der Waals surface area (Å²) in [6.07, 6.45) is 1.00. The summed E-state index contributed by atoms with van der Waals surface area (Å²) in [5, 5.41) is 9.26. The van der Waals surface area contributed by atoms with E-state index in [2.05, 4.69) is 25.7 Å². The molecule has 0 saturated carbocycles. The standard InChI is InChI=1S/C11H22N2O2/c1-5-6-13-8-11(2,3)12(4)10(15)9(13)7-14/h9,14H,5-8H2,1-4H3. The van der Waals surface area contributed by atoms with Gasteiger partial charge in [-0.1, -0.05) is 6.92 Å². The molecule has 0 spiro atoms. The molecule has 0 aliphatic carbocycles. The third kappa shape index (κ3) is 2.32. The van der Waals surface area contributed by atoms with E-state index in [1.54, 1.807) is 4.90 Å². The van der Waals surface area contributed by atoms with E-state index in [4.69, 9.17) is 0 Å². The first kappa shape index (κ1) is 12.5. The Morgan fingerprint density at radius 2 is 2.13 bits per heavy atom. The quantitative estimate of drug-likeness (QED) is 0.735. The maximum atomic E-state index is 12.0. The van der Waals surface area contributed by atoms with Crippen LogP contribution < -0.4 is 0 Å². The number of hydrogen-bond acceptors (Lipinski definition) is 3. The van der Waals surface area contributed by atoms with E-state index in [9.17, 15) is 9.90 Å². The Morgan fingerprint density at radius 3 is 2.60 bits per heavy atom. The lowest BCUT2D eigenvalue weighted by atomic mass is 9.95. The fraction of sp³-hybridized carbons (Fsp3) is 0.909. The Bertz CT molecular complexity index is 241. The van der Waals surface area contributed by atoms with E-state index in [1.165, 1.54) is 0 Å². The van der Waals surface area contributed by atoms with Gasteiger partial charge in [-0.3, -0.25) is 9.69 Å². The SMILES string of the molecule is CCCN1CC(C)(C)N(C)C(=O)C1CO. The number of nitrogens with zero attached hydrogens (tertiary/aromatic N) is 2. The Kier molecular flexibility index (Phi) is 3.73. The molecule has 4 heteroatoms. The topological polar surface area (TPSA) is 43.8 Å². The van der Waals surface area contributed by atoms with Crippen LogP contribution in [-0.4, -0.2) is 59.1 Å². The zero-order valence-electron chi connectivity index (χ0n) is 10.2. The molecule has 1 aliphatic rings. The van der Waals surface area contributed by atoms with E-state index in [0.717, 1.165) is 19.5 Å². The van der Waals surface area contributed by atoms with E-state index in [-0.39, 0.29) is 24.1 Å². The zero-order valence-corrected chi connectivity index (χ0v) is 10.2. The largest absolute Gasteiger partial charge is 0.394 e. The summed E-state index contributed by atoms with van der Waals surface area (Å²) in [5.41, 5.74) is -0.141. The first-order valence-corrected chi connectivity index (χ1v) is 5.56. The number of aliphatic hydroxyl groups excluding tert-OH is 1. The summed E-state index contributed by atoms with van der Waals surface area (Å²) in [6.45, 7) is 7.81. The maximum Gasteiger partial charge on any atom is 0.242 e. The lowest BCUT2D eigenvalue weighted by Crippen LogP contribution is -2.65. The van der Waals surface area contributed by atoms with Gasteiger partial charge in [-0.2, -0.15) is 0 Å². The van der Waals surface area contributed by atoms with Crippen LogP contribution in [0.15, 0.2) is 0 Å². The molecular formula is C11H22N2O2. The number of rotatable bonds is 3. The second-order valence-corrected chi connectivity index (χ2v) is 4.88. The number of likely N-dealkylation sites (N-methyl/N-ethyl adjacent to an activating group) is 1. The summed E-state index contributed by atoms with van der Waals surface area (Å²) >= 11 is 0. The average Bonchev–Trinajstić information content (AvgIpc) is 2.15. The van der Waals surface area contributed by atoms with E-state index < -0.39 is 0 Å². The molecule has 0 aromatic rings. The van der Waals surface area contributed by atoms with Crippen molar-refractivity contribution in [3.05, 3.63) is 0 Å². The minimum Gasteiger partial charge on any atom is -0.394 e. The smallest absolute Gasteiger partial charge is 0.242 e. The van der Waals surface area contributed by atoms with Gasteiger partial charge in [0.1, 0.15) is 6.04 Å². The number of aliphatic hydroxyl groups is 1. The predicted octanol–water partition coefficient (Wildman–Crippen LogP) is 0.310. The summed E-state index contributed by atoms with van der Waals surface area (Å²) in [6, 6.07) is -0.344. The second kappa shape index (κ2) is 4.49. The predicted molar refractivity (Wildman–Crippen MR) is 59.6 cm³/mol. The third-order valence-corrected chi connectivity index (χ3v) is 3.24.